The van der Waals surface area contributed by atoms with Gasteiger partial charge in [0.1, 0.15) is 5.82 Å². The number of hydrogen-bond acceptors (Lipinski definition) is 4. The Morgan fingerprint density at radius 1 is 1.22 bits per heavy atom. The summed E-state index contributed by atoms with van der Waals surface area (Å²) in [6.07, 6.45) is 5.07. The number of urea groups is 1. The van der Waals surface area contributed by atoms with Gasteiger partial charge in [0.25, 0.3) is 0 Å². The summed E-state index contributed by atoms with van der Waals surface area (Å²) in [5.74, 6) is 0.842. The third-order valence-corrected chi connectivity index (χ3v) is 4.21. The number of piperazine rings is 1. The third kappa shape index (κ3) is 3.53. The third-order valence-electron chi connectivity index (χ3n) is 3.89. The minimum atomic E-state index is -0.125. The Kier molecular flexibility index (Phi) is 4.62. The second-order valence-corrected chi connectivity index (χ2v) is 5.81. The summed E-state index contributed by atoms with van der Waals surface area (Å²) in [4.78, 5) is 24.7. The molecule has 3 rings (SSSR count). The van der Waals surface area contributed by atoms with Gasteiger partial charge in [-0.15, -0.1) is 0 Å². The maximum atomic E-state index is 12.4. The molecule has 2 aromatic rings. The molecule has 0 radical (unpaired) electrons. The van der Waals surface area contributed by atoms with Gasteiger partial charge in [-0.3, -0.25) is 4.98 Å². The standard InChI is InChI=1S/C16H18ClN5O/c1-12-3-2-4-13(17)15(12)20-16(23)22-9-7-21(8-10-22)14-11-18-5-6-19-14/h2-6,11H,7-10H2,1H3,(H,20,23). The average Bonchev–Trinajstić information content (AvgIpc) is 2.59. The maximum absolute atomic E-state index is 12.4. The summed E-state index contributed by atoms with van der Waals surface area (Å²) in [5, 5.41) is 3.46. The molecule has 6 nitrogen and oxygen atoms in total. The van der Waals surface area contributed by atoms with E-state index in [-0.39, 0.29) is 6.03 Å². The van der Waals surface area contributed by atoms with Crippen molar-refractivity contribution in [2.24, 2.45) is 0 Å². The van der Waals surface area contributed by atoms with Crippen LogP contribution in [0.2, 0.25) is 5.02 Å². The number of anilines is 2. The van der Waals surface area contributed by atoms with Crippen molar-refractivity contribution < 1.29 is 4.79 Å². The van der Waals surface area contributed by atoms with Crippen LogP contribution in [-0.2, 0) is 0 Å². The number of carbonyl (C=O) groups excluding carboxylic acids is 1. The number of rotatable bonds is 2. The number of nitrogens with zero attached hydrogens (tertiary/aromatic N) is 4. The van der Waals surface area contributed by atoms with Crippen molar-refractivity contribution in [3.63, 3.8) is 0 Å². The van der Waals surface area contributed by atoms with Crippen molar-refractivity contribution in [2.75, 3.05) is 36.4 Å². The van der Waals surface area contributed by atoms with Crippen LogP contribution in [0.25, 0.3) is 0 Å². The van der Waals surface area contributed by atoms with Crippen LogP contribution < -0.4 is 10.2 Å². The lowest BCUT2D eigenvalue weighted by Gasteiger charge is -2.35. The van der Waals surface area contributed by atoms with E-state index in [1.807, 2.05) is 19.1 Å². The summed E-state index contributed by atoms with van der Waals surface area (Å²) >= 11 is 6.16. The molecule has 1 saturated heterocycles. The lowest BCUT2D eigenvalue weighted by molar-refractivity contribution is 0.208. The average molecular weight is 332 g/mol. The van der Waals surface area contributed by atoms with Crippen molar-refractivity contribution in [1.29, 1.82) is 0 Å². The zero-order valence-electron chi connectivity index (χ0n) is 12.9. The highest BCUT2D eigenvalue weighted by atomic mass is 35.5. The van der Waals surface area contributed by atoms with Gasteiger partial charge in [0, 0.05) is 38.6 Å². The predicted molar refractivity (Wildman–Crippen MR) is 91.0 cm³/mol. The fourth-order valence-corrected chi connectivity index (χ4v) is 2.84. The van der Waals surface area contributed by atoms with E-state index in [2.05, 4.69) is 20.2 Å². The first-order chi connectivity index (χ1) is 11.1. The largest absolute Gasteiger partial charge is 0.352 e. The van der Waals surface area contributed by atoms with Crippen molar-refractivity contribution in [1.82, 2.24) is 14.9 Å². The van der Waals surface area contributed by atoms with Crippen molar-refractivity contribution in [2.45, 2.75) is 6.92 Å². The lowest BCUT2D eigenvalue weighted by Crippen LogP contribution is -2.50. The molecule has 0 aliphatic carbocycles. The van der Waals surface area contributed by atoms with E-state index in [0.29, 0.717) is 23.8 Å². The molecule has 0 saturated carbocycles. The number of hydrogen-bond donors (Lipinski definition) is 1. The first-order valence-corrected chi connectivity index (χ1v) is 7.85. The number of aromatic nitrogens is 2. The molecule has 0 bridgehead atoms. The van der Waals surface area contributed by atoms with Crippen LogP contribution in [0.5, 0.6) is 0 Å². The zero-order valence-corrected chi connectivity index (χ0v) is 13.6. The van der Waals surface area contributed by atoms with Crippen molar-refractivity contribution in [3.8, 4) is 0 Å². The molecule has 0 spiro atoms. The van der Waals surface area contributed by atoms with E-state index in [4.69, 9.17) is 11.6 Å². The molecule has 7 heteroatoms. The van der Waals surface area contributed by atoms with E-state index in [0.717, 1.165) is 24.5 Å². The summed E-state index contributed by atoms with van der Waals surface area (Å²) in [6.45, 7) is 4.65. The first-order valence-electron chi connectivity index (χ1n) is 7.47. The number of aryl methyl sites for hydroxylation is 1. The summed E-state index contributed by atoms with van der Waals surface area (Å²) < 4.78 is 0. The summed E-state index contributed by atoms with van der Waals surface area (Å²) in [7, 11) is 0. The molecule has 0 atom stereocenters. The molecule has 23 heavy (non-hydrogen) atoms. The summed E-state index contributed by atoms with van der Waals surface area (Å²) in [5.41, 5.74) is 1.62. The van der Waals surface area contributed by atoms with E-state index in [9.17, 15) is 4.79 Å². The number of amides is 2. The van der Waals surface area contributed by atoms with Crippen LogP contribution in [0, 0.1) is 6.92 Å². The lowest BCUT2D eigenvalue weighted by atomic mass is 10.2. The fourth-order valence-electron chi connectivity index (χ4n) is 2.57. The van der Waals surface area contributed by atoms with Gasteiger partial charge < -0.3 is 15.1 Å². The quantitative estimate of drug-likeness (QED) is 0.919. The minimum absolute atomic E-state index is 0.125. The fraction of sp³-hybridized carbons (Fsp3) is 0.312. The second kappa shape index (κ2) is 6.83. The molecule has 2 amide bonds. The second-order valence-electron chi connectivity index (χ2n) is 5.40. The molecular weight excluding hydrogens is 314 g/mol. The van der Waals surface area contributed by atoms with Crippen LogP contribution in [0.15, 0.2) is 36.8 Å². The van der Waals surface area contributed by atoms with Gasteiger partial charge in [-0.25, -0.2) is 9.78 Å². The first kappa shape index (κ1) is 15.6. The van der Waals surface area contributed by atoms with Gasteiger partial charge in [0.15, 0.2) is 0 Å². The van der Waals surface area contributed by atoms with Gasteiger partial charge in [0.2, 0.25) is 0 Å². The van der Waals surface area contributed by atoms with Gasteiger partial charge in [-0.1, -0.05) is 23.7 Å². The van der Waals surface area contributed by atoms with Crippen LogP contribution in [0.3, 0.4) is 0 Å². The summed E-state index contributed by atoms with van der Waals surface area (Å²) in [6, 6.07) is 5.44. The van der Waals surface area contributed by atoms with Gasteiger partial charge >= 0.3 is 6.03 Å². The van der Waals surface area contributed by atoms with Crippen molar-refractivity contribution in [3.05, 3.63) is 47.4 Å². The highest BCUT2D eigenvalue weighted by molar-refractivity contribution is 6.33. The smallest absolute Gasteiger partial charge is 0.322 e. The predicted octanol–water partition coefficient (Wildman–Crippen LogP) is 2.79. The van der Waals surface area contributed by atoms with E-state index in [1.54, 1.807) is 29.6 Å². The van der Waals surface area contributed by atoms with E-state index >= 15 is 0 Å². The highest BCUT2D eigenvalue weighted by Crippen LogP contribution is 2.25. The minimum Gasteiger partial charge on any atom is -0.352 e. The Labute approximate surface area is 140 Å². The Morgan fingerprint density at radius 3 is 2.65 bits per heavy atom. The maximum Gasteiger partial charge on any atom is 0.322 e. The zero-order chi connectivity index (χ0) is 16.2. The molecule has 0 unspecified atom stereocenters. The van der Waals surface area contributed by atoms with Crippen LogP contribution >= 0.6 is 11.6 Å². The molecular formula is C16H18ClN5O. The van der Waals surface area contributed by atoms with Gasteiger partial charge in [-0.05, 0) is 18.6 Å². The molecule has 1 N–H and O–H groups in total. The molecule has 120 valence electrons. The normalized spacial score (nSPS) is 14.7. The van der Waals surface area contributed by atoms with Crippen LogP contribution in [-0.4, -0.2) is 47.1 Å². The van der Waals surface area contributed by atoms with Gasteiger partial charge in [0.05, 0.1) is 16.9 Å². The number of carbonyl (C=O) groups is 1. The number of para-hydroxylation sites is 1. The number of nitrogens with one attached hydrogen (secondary N) is 1. The SMILES string of the molecule is Cc1cccc(Cl)c1NC(=O)N1CCN(c2cnccn2)CC1. The number of benzene rings is 1. The van der Waals surface area contributed by atoms with Crippen molar-refractivity contribution >= 4 is 29.1 Å². The number of halogens is 1. The Balaban J connectivity index is 1.60. The van der Waals surface area contributed by atoms with E-state index < -0.39 is 0 Å². The highest BCUT2D eigenvalue weighted by Gasteiger charge is 2.22. The molecule has 1 aromatic carbocycles. The topological polar surface area (TPSA) is 61.4 Å². The Morgan fingerprint density at radius 2 is 2.00 bits per heavy atom. The molecule has 2 heterocycles. The monoisotopic (exact) mass is 331 g/mol. The Hall–Kier alpha value is -2.34. The van der Waals surface area contributed by atoms with Crippen LogP contribution in [0.1, 0.15) is 5.56 Å². The van der Waals surface area contributed by atoms with E-state index in [1.165, 1.54) is 0 Å². The molecule has 1 aliphatic heterocycles. The Bertz CT molecular complexity index is 666. The molecule has 1 aliphatic rings. The van der Waals surface area contributed by atoms with Gasteiger partial charge in [-0.2, -0.15) is 0 Å². The van der Waals surface area contributed by atoms with Crippen LogP contribution in [0.4, 0.5) is 16.3 Å². The molecule has 1 aromatic heterocycles. The molecule has 1 fully saturated rings.